The maximum Gasteiger partial charge on any atom is 0.410 e. The van der Waals surface area contributed by atoms with Crippen LogP contribution in [0.5, 0.6) is 0 Å². The molecule has 1 aromatic rings. The zero-order valence-corrected chi connectivity index (χ0v) is 14.1. The Labute approximate surface area is 136 Å². The number of rotatable bonds is 2. The molecule has 1 amide bonds. The van der Waals surface area contributed by atoms with Gasteiger partial charge in [0, 0.05) is 26.2 Å². The first kappa shape index (κ1) is 17.1. The highest BCUT2D eigenvalue weighted by molar-refractivity contribution is 5.94. The number of carbonyl (C=O) groups is 2. The lowest BCUT2D eigenvalue weighted by atomic mass is 10.1. The van der Waals surface area contributed by atoms with Gasteiger partial charge in [-0.25, -0.2) is 9.59 Å². The van der Waals surface area contributed by atoms with Crippen LogP contribution in [-0.4, -0.2) is 53.8 Å². The zero-order valence-electron chi connectivity index (χ0n) is 14.1. The summed E-state index contributed by atoms with van der Waals surface area (Å²) < 4.78 is 5.37. The lowest BCUT2D eigenvalue weighted by Gasteiger charge is -2.37. The number of hydrogen-bond donors (Lipinski definition) is 1. The summed E-state index contributed by atoms with van der Waals surface area (Å²) in [6.07, 6.45) is -0.320. The molecule has 1 fully saturated rings. The zero-order chi connectivity index (χ0) is 17.2. The Morgan fingerprint density at radius 1 is 1.13 bits per heavy atom. The van der Waals surface area contributed by atoms with Crippen LogP contribution in [0.3, 0.4) is 0 Å². The predicted octanol–water partition coefficient (Wildman–Crippen LogP) is 2.75. The van der Waals surface area contributed by atoms with Crippen LogP contribution < -0.4 is 4.90 Å². The average molecular weight is 320 g/mol. The molecule has 0 atom stereocenters. The minimum Gasteiger partial charge on any atom is -0.478 e. The van der Waals surface area contributed by atoms with Gasteiger partial charge < -0.3 is 19.6 Å². The SMILES string of the molecule is Cc1ccc(C(=O)O)c(N2CCN(C(=O)OC(C)(C)C)CC2)c1. The van der Waals surface area contributed by atoms with E-state index in [0.29, 0.717) is 37.4 Å². The van der Waals surface area contributed by atoms with E-state index in [4.69, 9.17) is 4.74 Å². The molecule has 0 saturated carbocycles. The summed E-state index contributed by atoms with van der Waals surface area (Å²) in [4.78, 5) is 27.1. The number of anilines is 1. The average Bonchev–Trinajstić information content (AvgIpc) is 2.45. The largest absolute Gasteiger partial charge is 0.478 e. The van der Waals surface area contributed by atoms with E-state index in [1.54, 1.807) is 17.0 Å². The van der Waals surface area contributed by atoms with E-state index >= 15 is 0 Å². The first-order valence-electron chi connectivity index (χ1n) is 7.74. The van der Waals surface area contributed by atoms with Crippen molar-refractivity contribution in [1.82, 2.24) is 4.90 Å². The minimum atomic E-state index is -0.936. The number of ether oxygens (including phenoxy) is 1. The number of amides is 1. The molecule has 6 heteroatoms. The normalized spacial score (nSPS) is 15.5. The minimum absolute atomic E-state index is 0.293. The van der Waals surface area contributed by atoms with Crippen LogP contribution in [0.2, 0.25) is 0 Å². The van der Waals surface area contributed by atoms with Crippen molar-refractivity contribution in [3.63, 3.8) is 0 Å². The molecule has 0 bridgehead atoms. The van der Waals surface area contributed by atoms with Crippen molar-refractivity contribution < 1.29 is 19.4 Å². The van der Waals surface area contributed by atoms with Gasteiger partial charge in [-0.15, -0.1) is 0 Å². The number of carboxylic acids is 1. The molecule has 2 rings (SSSR count). The second-order valence-electron chi connectivity index (χ2n) is 6.78. The Kier molecular flexibility index (Phi) is 4.82. The highest BCUT2D eigenvalue weighted by atomic mass is 16.6. The Morgan fingerprint density at radius 2 is 1.74 bits per heavy atom. The molecular weight excluding hydrogens is 296 g/mol. The Balaban J connectivity index is 2.06. The monoisotopic (exact) mass is 320 g/mol. The van der Waals surface area contributed by atoms with Crippen molar-refractivity contribution in [2.75, 3.05) is 31.1 Å². The molecule has 0 unspecified atom stereocenters. The second-order valence-corrected chi connectivity index (χ2v) is 6.78. The fourth-order valence-corrected chi connectivity index (χ4v) is 2.54. The summed E-state index contributed by atoms with van der Waals surface area (Å²) in [6.45, 7) is 9.66. The van der Waals surface area contributed by atoms with Crippen molar-refractivity contribution in [3.05, 3.63) is 29.3 Å². The van der Waals surface area contributed by atoms with Gasteiger partial charge >= 0.3 is 12.1 Å². The van der Waals surface area contributed by atoms with Crippen LogP contribution in [0.1, 0.15) is 36.7 Å². The summed E-state index contributed by atoms with van der Waals surface area (Å²) in [5, 5.41) is 9.34. The highest BCUT2D eigenvalue weighted by Gasteiger charge is 2.27. The molecule has 6 nitrogen and oxygen atoms in total. The van der Waals surface area contributed by atoms with E-state index in [0.717, 1.165) is 5.56 Å². The molecule has 0 aliphatic carbocycles. The van der Waals surface area contributed by atoms with Gasteiger partial charge in [-0.05, 0) is 45.4 Å². The fraction of sp³-hybridized carbons (Fsp3) is 0.529. The number of piperazine rings is 1. The topological polar surface area (TPSA) is 70.1 Å². The van der Waals surface area contributed by atoms with Gasteiger partial charge in [0.05, 0.1) is 11.3 Å². The number of nitrogens with zero attached hydrogens (tertiary/aromatic N) is 2. The van der Waals surface area contributed by atoms with Gasteiger partial charge in [0.25, 0.3) is 0 Å². The third-order valence-corrected chi connectivity index (χ3v) is 3.66. The first-order chi connectivity index (χ1) is 10.7. The Hall–Kier alpha value is -2.24. The number of aromatic carboxylic acids is 1. The van der Waals surface area contributed by atoms with Crippen LogP contribution in [0.4, 0.5) is 10.5 Å². The number of hydrogen-bond acceptors (Lipinski definition) is 4. The molecule has 1 saturated heterocycles. The van der Waals surface area contributed by atoms with Gasteiger partial charge in [0.2, 0.25) is 0 Å². The standard InChI is InChI=1S/C17H24N2O4/c1-12-5-6-13(15(20)21)14(11-12)18-7-9-19(10-8-18)16(22)23-17(2,3)4/h5-6,11H,7-10H2,1-4H3,(H,20,21). The van der Waals surface area contributed by atoms with Crippen LogP contribution in [0, 0.1) is 6.92 Å². The van der Waals surface area contributed by atoms with Crippen molar-refractivity contribution >= 4 is 17.7 Å². The molecule has 0 aromatic heterocycles. The maximum atomic E-state index is 12.1. The van der Waals surface area contributed by atoms with E-state index in [9.17, 15) is 14.7 Å². The van der Waals surface area contributed by atoms with Crippen molar-refractivity contribution in [2.24, 2.45) is 0 Å². The second kappa shape index (κ2) is 6.48. The van der Waals surface area contributed by atoms with E-state index in [1.807, 2.05) is 38.7 Å². The summed E-state index contributed by atoms with van der Waals surface area (Å²) in [7, 11) is 0. The molecule has 0 spiro atoms. The Bertz CT molecular complexity index is 599. The number of benzene rings is 1. The van der Waals surface area contributed by atoms with E-state index < -0.39 is 11.6 Å². The molecular formula is C17H24N2O4. The molecule has 1 heterocycles. The molecule has 0 radical (unpaired) electrons. The first-order valence-corrected chi connectivity index (χ1v) is 7.74. The third kappa shape index (κ3) is 4.37. The molecule has 1 aliphatic rings. The van der Waals surface area contributed by atoms with Crippen molar-refractivity contribution in [3.8, 4) is 0 Å². The van der Waals surface area contributed by atoms with Gasteiger partial charge in [-0.1, -0.05) is 6.07 Å². The number of carbonyl (C=O) groups excluding carboxylic acids is 1. The molecule has 1 N–H and O–H groups in total. The lowest BCUT2D eigenvalue weighted by Crippen LogP contribution is -2.50. The number of carboxylic acid groups (broad SMARTS) is 1. The van der Waals surface area contributed by atoms with Crippen LogP contribution in [0.25, 0.3) is 0 Å². The van der Waals surface area contributed by atoms with E-state index in [2.05, 4.69) is 0 Å². The predicted molar refractivity (Wildman–Crippen MR) is 88.2 cm³/mol. The maximum absolute atomic E-state index is 12.1. The summed E-state index contributed by atoms with van der Waals surface area (Å²) >= 11 is 0. The van der Waals surface area contributed by atoms with E-state index in [-0.39, 0.29) is 6.09 Å². The van der Waals surface area contributed by atoms with Gasteiger partial charge in [-0.3, -0.25) is 0 Å². The van der Waals surface area contributed by atoms with Gasteiger partial charge in [-0.2, -0.15) is 0 Å². The smallest absolute Gasteiger partial charge is 0.410 e. The number of aryl methyl sites for hydroxylation is 1. The van der Waals surface area contributed by atoms with Gasteiger partial charge in [0.1, 0.15) is 5.60 Å². The van der Waals surface area contributed by atoms with Crippen LogP contribution in [-0.2, 0) is 4.74 Å². The van der Waals surface area contributed by atoms with Crippen LogP contribution in [0.15, 0.2) is 18.2 Å². The quantitative estimate of drug-likeness (QED) is 0.907. The highest BCUT2D eigenvalue weighted by Crippen LogP contribution is 2.24. The molecule has 23 heavy (non-hydrogen) atoms. The lowest BCUT2D eigenvalue weighted by molar-refractivity contribution is 0.0240. The summed E-state index contributed by atoms with van der Waals surface area (Å²) in [6, 6.07) is 5.31. The molecule has 1 aromatic carbocycles. The van der Waals surface area contributed by atoms with E-state index in [1.165, 1.54) is 0 Å². The van der Waals surface area contributed by atoms with Gasteiger partial charge in [0.15, 0.2) is 0 Å². The van der Waals surface area contributed by atoms with Crippen molar-refractivity contribution in [2.45, 2.75) is 33.3 Å². The summed E-state index contributed by atoms with van der Waals surface area (Å²) in [5.41, 5.74) is 1.50. The molecule has 1 aliphatic heterocycles. The third-order valence-electron chi connectivity index (χ3n) is 3.66. The summed E-state index contributed by atoms with van der Waals surface area (Å²) in [5.74, 6) is -0.936. The molecule has 126 valence electrons. The van der Waals surface area contributed by atoms with Crippen LogP contribution >= 0.6 is 0 Å². The Morgan fingerprint density at radius 3 is 2.26 bits per heavy atom. The van der Waals surface area contributed by atoms with Crippen molar-refractivity contribution in [1.29, 1.82) is 0 Å². The fourth-order valence-electron chi connectivity index (χ4n) is 2.54.